The van der Waals surface area contributed by atoms with Crippen LogP contribution >= 0.6 is 0 Å². The maximum atomic E-state index is 14.2. The third-order valence-corrected chi connectivity index (χ3v) is 11.8. The summed E-state index contributed by atoms with van der Waals surface area (Å²) in [7, 11) is 0. The molecule has 0 bridgehead atoms. The Morgan fingerprint density at radius 2 is 1.05 bits per heavy atom. The van der Waals surface area contributed by atoms with Crippen molar-refractivity contribution < 1.29 is 84.0 Å². The molecule has 0 radical (unpaired) electrons. The number of amides is 2. The van der Waals surface area contributed by atoms with E-state index in [0.717, 1.165) is 39.0 Å². The van der Waals surface area contributed by atoms with Crippen LogP contribution in [-0.4, -0.2) is 180 Å². The van der Waals surface area contributed by atoms with E-state index in [1.807, 2.05) is 0 Å². The number of carbonyl (C=O) groups is 3. The Hall–Kier alpha value is -1.99. The first-order valence-corrected chi connectivity index (χ1v) is 21.7. The van der Waals surface area contributed by atoms with Crippen molar-refractivity contribution in [3.63, 3.8) is 0 Å². The molecule has 0 aromatic rings. The van der Waals surface area contributed by atoms with Crippen molar-refractivity contribution in [3.05, 3.63) is 0 Å². The van der Waals surface area contributed by atoms with E-state index >= 15 is 0 Å². The molecule has 3 aliphatic heterocycles. The molecule has 350 valence electrons. The number of nitrogens with two attached hydrogens (primary N) is 2. The maximum absolute atomic E-state index is 14.2. The first kappa shape index (κ1) is 52.4. The molecule has 16 atom stereocenters. The number of nitrogens with zero attached hydrogens (tertiary/aromatic N) is 1. The second kappa shape index (κ2) is 26.6. The molecule has 0 aliphatic carbocycles. The fraction of sp³-hybridized carbons (Fsp3) is 0.925. The normalized spacial score (nSPS) is 35.2. The van der Waals surface area contributed by atoms with Crippen LogP contribution in [0.4, 0.5) is 0 Å². The van der Waals surface area contributed by atoms with Gasteiger partial charge in [-0.1, -0.05) is 96.8 Å². The molecular formula is C40H73N3O17. The summed E-state index contributed by atoms with van der Waals surface area (Å²) in [6.07, 6.45) is -4.73. The van der Waals surface area contributed by atoms with Crippen LogP contribution in [0.3, 0.4) is 0 Å². The fourth-order valence-corrected chi connectivity index (χ4v) is 7.93. The smallest absolute Gasteiger partial charge is 0.315 e. The number of aliphatic hydroxyl groups is 8. The van der Waals surface area contributed by atoms with Crippen LogP contribution in [0.2, 0.25) is 0 Å². The number of unbranched alkanes of at least 4 members (excludes halogenated alkanes) is 14. The number of carboxylic acid groups (broad SMARTS) is 1. The summed E-state index contributed by atoms with van der Waals surface area (Å²) in [6, 6.07) is -4.96. The Balaban J connectivity index is 1.83. The highest BCUT2D eigenvalue weighted by molar-refractivity contribution is 6.04. The first-order chi connectivity index (χ1) is 28.6. The fourth-order valence-electron chi connectivity index (χ4n) is 7.93. The molecule has 3 fully saturated rings. The van der Waals surface area contributed by atoms with Crippen LogP contribution < -0.4 is 11.5 Å². The van der Waals surface area contributed by atoms with Gasteiger partial charge in [0.25, 0.3) is 0 Å². The maximum Gasteiger partial charge on any atom is 0.315 e. The van der Waals surface area contributed by atoms with Crippen molar-refractivity contribution in [2.75, 3.05) is 19.8 Å². The predicted molar refractivity (Wildman–Crippen MR) is 211 cm³/mol. The molecule has 2 amide bonds. The number of hydrogen-bond acceptors (Lipinski definition) is 18. The topological polar surface area (TPSA) is 335 Å². The SMILES string of the molecule is CCCCCCCCCCCCCCCCCC(=O)N(C(=O)C(C)C(=O)O)[C@H]1[C@H](OC2[C@@H](CO)O[C@@H](O)[C@H](N)[C@H]2O)O[C@H](CO)C(O[C@@H]2O[C@H](CO)[C@@H](O)[C@H](O)[C@H]2N)[C@@H]1O. The van der Waals surface area contributed by atoms with Crippen molar-refractivity contribution in [1.82, 2.24) is 4.90 Å². The van der Waals surface area contributed by atoms with Crippen molar-refractivity contribution in [1.29, 1.82) is 0 Å². The van der Waals surface area contributed by atoms with E-state index in [4.69, 9.17) is 35.2 Å². The van der Waals surface area contributed by atoms with Crippen LogP contribution in [0, 0.1) is 5.92 Å². The summed E-state index contributed by atoms with van der Waals surface area (Å²) >= 11 is 0. The largest absolute Gasteiger partial charge is 0.481 e. The van der Waals surface area contributed by atoms with Crippen LogP contribution in [0.1, 0.15) is 117 Å². The number of aliphatic carboxylic acids is 1. The molecule has 13 N–H and O–H groups in total. The van der Waals surface area contributed by atoms with E-state index in [1.165, 1.54) is 51.4 Å². The van der Waals surface area contributed by atoms with Gasteiger partial charge >= 0.3 is 5.97 Å². The Kier molecular flexibility index (Phi) is 23.2. The van der Waals surface area contributed by atoms with Gasteiger partial charge in [0.05, 0.1) is 31.9 Å². The van der Waals surface area contributed by atoms with Gasteiger partial charge in [-0.2, -0.15) is 0 Å². The van der Waals surface area contributed by atoms with Gasteiger partial charge in [0.1, 0.15) is 66.9 Å². The minimum absolute atomic E-state index is 0.272. The molecular weight excluding hydrogens is 794 g/mol. The molecule has 3 heterocycles. The average molecular weight is 868 g/mol. The number of hydrogen-bond donors (Lipinski definition) is 11. The van der Waals surface area contributed by atoms with Gasteiger partial charge in [-0.05, 0) is 13.3 Å². The van der Waals surface area contributed by atoms with E-state index in [0.29, 0.717) is 17.7 Å². The van der Waals surface area contributed by atoms with E-state index in [-0.39, 0.29) is 6.42 Å². The monoisotopic (exact) mass is 867 g/mol. The summed E-state index contributed by atoms with van der Waals surface area (Å²) in [4.78, 5) is 40.8. The zero-order valence-electron chi connectivity index (χ0n) is 35.1. The van der Waals surface area contributed by atoms with Gasteiger partial charge in [0, 0.05) is 6.42 Å². The molecule has 0 saturated carbocycles. The number of carboxylic acids is 1. The van der Waals surface area contributed by atoms with E-state index in [1.54, 1.807) is 0 Å². The highest BCUT2D eigenvalue weighted by atomic mass is 16.7. The third kappa shape index (κ3) is 14.3. The van der Waals surface area contributed by atoms with E-state index in [2.05, 4.69) is 6.92 Å². The molecule has 3 rings (SSSR count). The third-order valence-electron chi connectivity index (χ3n) is 11.8. The van der Waals surface area contributed by atoms with E-state index < -0.39 is 135 Å². The Bertz CT molecular complexity index is 1270. The molecule has 0 aromatic heterocycles. The molecule has 20 heteroatoms. The van der Waals surface area contributed by atoms with Gasteiger partial charge in [0.15, 0.2) is 18.9 Å². The summed E-state index contributed by atoms with van der Waals surface area (Å²) in [5.74, 6) is -5.63. The van der Waals surface area contributed by atoms with Gasteiger partial charge in [-0.3, -0.25) is 19.3 Å². The van der Waals surface area contributed by atoms with Crippen LogP contribution in [-0.2, 0) is 38.1 Å². The first-order valence-electron chi connectivity index (χ1n) is 21.7. The Labute approximate surface area is 352 Å². The lowest BCUT2D eigenvalue weighted by atomic mass is 9.92. The predicted octanol–water partition coefficient (Wildman–Crippen LogP) is -1.30. The van der Waals surface area contributed by atoms with Crippen LogP contribution in [0.15, 0.2) is 0 Å². The Morgan fingerprint density at radius 1 is 0.600 bits per heavy atom. The highest BCUT2D eigenvalue weighted by Gasteiger charge is 2.56. The lowest BCUT2D eigenvalue weighted by Gasteiger charge is -2.51. The molecule has 20 nitrogen and oxygen atoms in total. The highest BCUT2D eigenvalue weighted by Crippen LogP contribution is 2.35. The summed E-state index contributed by atoms with van der Waals surface area (Å²) in [6.45, 7) is 0.693. The molecule has 3 saturated heterocycles. The van der Waals surface area contributed by atoms with Crippen molar-refractivity contribution >= 4 is 17.8 Å². The molecule has 3 unspecified atom stereocenters. The number of rotatable bonds is 26. The minimum Gasteiger partial charge on any atom is -0.481 e. The number of aliphatic hydroxyl groups excluding tert-OH is 8. The molecule has 3 aliphatic rings. The molecule has 0 spiro atoms. The number of carbonyl (C=O) groups excluding carboxylic acids is 2. The lowest BCUT2D eigenvalue weighted by Crippen LogP contribution is -2.71. The van der Waals surface area contributed by atoms with E-state index in [9.17, 15) is 60.3 Å². The summed E-state index contributed by atoms with van der Waals surface area (Å²) < 4.78 is 28.8. The van der Waals surface area contributed by atoms with Crippen molar-refractivity contribution in [2.24, 2.45) is 17.4 Å². The van der Waals surface area contributed by atoms with Crippen molar-refractivity contribution in [3.8, 4) is 0 Å². The summed E-state index contributed by atoms with van der Waals surface area (Å²) in [5.41, 5.74) is 12.0. The second-order valence-electron chi connectivity index (χ2n) is 16.4. The number of imide groups is 1. The second-order valence-corrected chi connectivity index (χ2v) is 16.4. The lowest BCUT2D eigenvalue weighted by molar-refractivity contribution is -0.355. The van der Waals surface area contributed by atoms with Crippen LogP contribution in [0.5, 0.6) is 0 Å². The summed E-state index contributed by atoms with van der Waals surface area (Å²) in [5, 5.41) is 94.3. The standard InChI is InChI=1S/C40H73N3O17/c1-3-4-5-6-7-8-9-10-11-12-13-14-15-16-17-18-26(47)43(36(52)22(2)37(53)54)29-33(51)35(59-39-28(42)31(49)30(48)23(19-44)57-39)25(21-46)58-40(29)60-34-24(20-45)56-38(55)27(41)32(34)50/h22-25,27-35,38-40,44-46,48-51,55H,3-21,41-42H2,1-2H3,(H,53,54)/t22?,23-,24-,25-,27-,28-,29-,30-,31-,32-,33-,34?,35?,38-,39+,40+/m1/s1. The average Bonchev–Trinajstić information content (AvgIpc) is 3.23. The van der Waals surface area contributed by atoms with Gasteiger partial charge in [-0.15, -0.1) is 0 Å². The Morgan fingerprint density at radius 3 is 1.55 bits per heavy atom. The molecule has 0 aromatic carbocycles. The zero-order chi connectivity index (χ0) is 44.5. The van der Waals surface area contributed by atoms with Crippen molar-refractivity contribution in [2.45, 2.75) is 209 Å². The van der Waals surface area contributed by atoms with Crippen LogP contribution in [0.25, 0.3) is 0 Å². The minimum atomic E-state index is -2.10. The number of ether oxygens (including phenoxy) is 5. The van der Waals surface area contributed by atoms with Gasteiger partial charge in [-0.25, -0.2) is 0 Å². The molecule has 60 heavy (non-hydrogen) atoms. The van der Waals surface area contributed by atoms with Gasteiger partial charge in [0.2, 0.25) is 11.8 Å². The van der Waals surface area contributed by atoms with Gasteiger partial charge < -0.3 is 81.1 Å². The zero-order valence-corrected chi connectivity index (χ0v) is 35.1. The quantitative estimate of drug-likeness (QED) is 0.0356.